The van der Waals surface area contributed by atoms with Crippen molar-refractivity contribution in [2.75, 3.05) is 5.33 Å². The van der Waals surface area contributed by atoms with Gasteiger partial charge >= 0.3 is 11.9 Å². The predicted molar refractivity (Wildman–Crippen MR) is 59.1 cm³/mol. The van der Waals surface area contributed by atoms with Gasteiger partial charge in [-0.3, -0.25) is 0 Å². The first-order chi connectivity index (χ1) is 6.21. The van der Waals surface area contributed by atoms with Crippen LogP contribution in [0.3, 0.4) is 0 Å². The third-order valence-corrected chi connectivity index (χ3v) is 2.46. The van der Waals surface area contributed by atoms with Gasteiger partial charge in [-0.1, -0.05) is 31.9 Å². The summed E-state index contributed by atoms with van der Waals surface area (Å²) in [6.45, 7) is 3.17. The molecule has 6 heteroatoms. The van der Waals surface area contributed by atoms with Crippen molar-refractivity contribution in [3.63, 3.8) is 0 Å². The van der Waals surface area contributed by atoms with Crippen molar-refractivity contribution in [1.29, 1.82) is 0 Å². The van der Waals surface area contributed by atoms with E-state index in [-0.39, 0.29) is 16.5 Å². The Labute approximate surface area is 98.3 Å². The van der Waals surface area contributed by atoms with Crippen LogP contribution in [0.4, 0.5) is 0 Å². The standard InChI is InChI=1S/C8H10Br2O4/c1-8(2,10)5(7(13)14)4(3-9)6(11)12/h3H2,1-2H3,(H,11,12)(H,13,14). The highest BCUT2D eigenvalue weighted by Crippen LogP contribution is 2.29. The quantitative estimate of drug-likeness (QED) is 0.611. The minimum atomic E-state index is -1.23. The normalized spacial score (nSPS) is 13.4. The highest BCUT2D eigenvalue weighted by atomic mass is 79.9. The van der Waals surface area contributed by atoms with E-state index in [1.807, 2.05) is 0 Å². The monoisotopic (exact) mass is 328 g/mol. The second kappa shape index (κ2) is 4.93. The molecule has 0 bridgehead atoms. The zero-order valence-electron chi connectivity index (χ0n) is 7.67. The second-order valence-electron chi connectivity index (χ2n) is 3.07. The molecule has 0 saturated heterocycles. The number of rotatable bonds is 4. The Balaban J connectivity index is 5.57. The van der Waals surface area contributed by atoms with Crippen LogP contribution in [0.1, 0.15) is 13.8 Å². The van der Waals surface area contributed by atoms with Crippen molar-refractivity contribution >= 4 is 43.8 Å². The Hall–Kier alpha value is -0.360. The first-order valence-electron chi connectivity index (χ1n) is 3.67. The summed E-state index contributed by atoms with van der Waals surface area (Å²) in [4.78, 5) is 21.6. The SMILES string of the molecule is CC(C)(Br)C(C(=O)O)=C(CBr)C(=O)O. The fraction of sp³-hybridized carbons (Fsp3) is 0.500. The minimum absolute atomic E-state index is 0.000995. The van der Waals surface area contributed by atoms with Gasteiger partial charge in [-0.15, -0.1) is 0 Å². The maximum atomic E-state index is 10.9. The summed E-state index contributed by atoms with van der Waals surface area (Å²) in [7, 11) is 0. The van der Waals surface area contributed by atoms with Crippen LogP contribution >= 0.6 is 31.9 Å². The summed E-state index contributed by atoms with van der Waals surface area (Å²) in [5.41, 5.74) is -0.304. The topological polar surface area (TPSA) is 74.6 Å². The Morgan fingerprint density at radius 3 is 1.71 bits per heavy atom. The van der Waals surface area contributed by atoms with Crippen LogP contribution < -0.4 is 0 Å². The van der Waals surface area contributed by atoms with E-state index in [1.165, 1.54) is 0 Å². The van der Waals surface area contributed by atoms with Crippen molar-refractivity contribution in [2.24, 2.45) is 0 Å². The fourth-order valence-electron chi connectivity index (χ4n) is 0.973. The summed E-state index contributed by atoms with van der Waals surface area (Å²) in [5.74, 6) is -2.46. The number of carboxylic acids is 2. The minimum Gasteiger partial charge on any atom is -0.478 e. The van der Waals surface area contributed by atoms with Gasteiger partial charge in [-0.25, -0.2) is 9.59 Å². The van der Waals surface area contributed by atoms with E-state index >= 15 is 0 Å². The highest BCUT2D eigenvalue weighted by Gasteiger charge is 2.31. The number of carboxylic acid groups (broad SMARTS) is 2. The Bertz CT molecular complexity index is 288. The van der Waals surface area contributed by atoms with E-state index in [2.05, 4.69) is 31.9 Å². The lowest BCUT2D eigenvalue weighted by atomic mass is 9.98. The van der Waals surface area contributed by atoms with Crippen LogP contribution in [-0.2, 0) is 9.59 Å². The third kappa shape index (κ3) is 3.42. The molecule has 2 N–H and O–H groups in total. The van der Waals surface area contributed by atoms with Crippen molar-refractivity contribution in [2.45, 2.75) is 18.2 Å². The summed E-state index contributed by atoms with van der Waals surface area (Å²) < 4.78 is -0.875. The average molecular weight is 330 g/mol. The number of carbonyl (C=O) groups is 2. The first kappa shape index (κ1) is 13.6. The second-order valence-corrected chi connectivity index (χ2v) is 5.61. The van der Waals surface area contributed by atoms with E-state index in [9.17, 15) is 9.59 Å². The predicted octanol–water partition coefficient (Wildman–Crippen LogP) is 2.02. The molecule has 0 aromatic rings. The van der Waals surface area contributed by atoms with Gasteiger partial charge < -0.3 is 10.2 Å². The van der Waals surface area contributed by atoms with Crippen LogP contribution in [0, 0.1) is 0 Å². The van der Waals surface area contributed by atoms with Crippen LogP contribution in [-0.4, -0.2) is 31.8 Å². The lowest BCUT2D eigenvalue weighted by molar-refractivity contribution is -0.136. The smallest absolute Gasteiger partial charge is 0.333 e. The van der Waals surface area contributed by atoms with Crippen LogP contribution in [0.25, 0.3) is 0 Å². The first-order valence-corrected chi connectivity index (χ1v) is 5.58. The third-order valence-electron chi connectivity index (χ3n) is 1.50. The molecular formula is C8H10Br2O4. The highest BCUT2D eigenvalue weighted by molar-refractivity contribution is 9.10. The van der Waals surface area contributed by atoms with Gasteiger partial charge in [-0.2, -0.15) is 0 Å². The Morgan fingerprint density at radius 2 is 1.64 bits per heavy atom. The van der Waals surface area contributed by atoms with Gasteiger partial charge in [0, 0.05) is 5.33 Å². The summed E-state index contributed by atoms with van der Waals surface area (Å²) in [5, 5.41) is 17.7. The number of alkyl halides is 2. The molecule has 14 heavy (non-hydrogen) atoms. The molecule has 4 nitrogen and oxygen atoms in total. The molecule has 0 aliphatic carbocycles. The number of hydrogen-bond acceptors (Lipinski definition) is 2. The Morgan fingerprint density at radius 1 is 1.21 bits per heavy atom. The summed E-state index contributed by atoms with van der Waals surface area (Å²) in [6.07, 6.45) is 0. The molecule has 0 aliphatic heterocycles. The molecule has 0 spiro atoms. The maximum absolute atomic E-state index is 10.9. The van der Waals surface area contributed by atoms with E-state index in [0.29, 0.717) is 0 Å². The van der Waals surface area contributed by atoms with Gasteiger partial charge in [0.15, 0.2) is 0 Å². The van der Waals surface area contributed by atoms with Gasteiger partial charge in [-0.05, 0) is 13.8 Å². The number of halogens is 2. The molecule has 0 aliphatic rings. The molecular weight excluding hydrogens is 320 g/mol. The molecule has 0 fully saturated rings. The Kier molecular flexibility index (Phi) is 4.80. The molecule has 0 rings (SSSR count). The lowest BCUT2D eigenvalue weighted by Gasteiger charge is -2.19. The van der Waals surface area contributed by atoms with Crippen LogP contribution in [0.2, 0.25) is 0 Å². The van der Waals surface area contributed by atoms with Crippen molar-refractivity contribution in [1.82, 2.24) is 0 Å². The van der Waals surface area contributed by atoms with E-state index in [0.717, 1.165) is 0 Å². The molecule has 0 radical (unpaired) electrons. The van der Waals surface area contributed by atoms with Gasteiger partial charge in [0.05, 0.1) is 15.5 Å². The molecule has 0 amide bonds. The number of aliphatic carboxylic acids is 2. The van der Waals surface area contributed by atoms with Crippen LogP contribution in [0.15, 0.2) is 11.1 Å². The lowest BCUT2D eigenvalue weighted by Crippen LogP contribution is -2.26. The fourth-order valence-corrected chi connectivity index (χ4v) is 1.90. The largest absolute Gasteiger partial charge is 0.478 e. The van der Waals surface area contributed by atoms with Gasteiger partial charge in [0.2, 0.25) is 0 Å². The van der Waals surface area contributed by atoms with Crippen molar-refractivity contribution < 1.29 is 19.8 Å². The zero-order chi connectivity index (χ0) is 11.5. The maximum Gasteiger partial charge on any atom is 0.333 e. The molecule has 0 saturated carbocycles. The van der Waals surface area contributed by atoms with E-state index in [4.69, 9.17) is 10.2 Å². The van der Waals surface area contributed by atoms with E-state index in [1.54, 1.807) is 13.8 Å². The van der Waals surface area contributed by atoms with Crippen molar-refractivity contribution in [3.05, 3.63) is 11.1 Å². The molecule has 0 unspecified atom stereocenters. The zero-order valence-corrected chi connectivity index (χ0v) is 10.8. The molecule has 0 heterocycles. The summed E-state index contributed by atoms with van der Waals surface area (Å²) >= 11 is 6.09. The summed E-state index contributed by atoms with van der Waals surface area (Å²) in [6, 6.07) is 0. The average Bonchev–Trinajstić information content (AvgIpc) is 1.95. The molecule has 0 atom stereocenters. The van der Waals surface area contributed by atoms with E-state index < -0.39 is 16.3 Å². The van der Waals surface area contributed by atoms with Crippen LogP contribution in [0.5, 0.6) is 0 Å². The van der Waals surface area contributed by atoms with Gasteiger partial charge in [0.1, 0.15) is 0 Å². The van der Waals surface area contributed by atoms with Crippen molar-refractivity contribution in [3.8, 4) is 0 Å². The molecule has 80 valence electrons. The molecule has 0 aromatic carbocycles. The number of hydrogen-bond donors (Lipinski definition) is 2. The van der Waals surface area contributed by atoms with Gasteiger partial charge in [0.25, 0.3) is 0 Å². The molecule has 0 aromatic heterocycles.